The summed E-state index contributed by atoms with van der Waals surface area (Å²) in [6, 6.07) is 4.66. The normalized spacial score (nSPS) is 16.4. The van der Waals surface area contributed by atoms with Crippen LogP contribution in [0.25, 0.3) is 22.2 Å². The van der Waals surface area contributed by atoms with E-state index in [-0.39, 0.29) is 24.5 Å². The molecule has 1 saturated heterocycles. The number of aliphatic hydroxyl groups excluding tert-OH is 1. The number of rotatable bonds is 6. The van der Waals surface area contributed by atoms with Crippen molar-refractivity contribution >= 4 is 28.0 Å². The zero-order valence-corrected chi connectivity index (χ0v) is 15.9. The SMILES string of the molecule is CC(Nc1ncnc2nc[nH]c12)c1nc2ccc(F)cc2n1C1CN(CCO)C1. The summed E-state index contributed by atoms with van der Waals surface area (Å²) >= 11 is 0. The molecule has 1 unspecified atom stereocenters. The van der Waals surface area contributed by atoms with Crippen molar-refractivity contribution in [1.29, 1.82) is 0 Å². The Labute approximate surface area is 165 Å². The van der Waals surface area contributed by atoms with Gasteiger partial charge in [0.25, 0.3) is 0 Å². The quantitative estimate of drug-likeness (QED) is 0.457. The third-order valence-corrected chi connectivity index (χ3v) is 5.36. The van der Waals surface area contributed by atoms with Gasteiger partial charge in [0.15, 0.2) is 11.5 Å². The fourth-order valence-electron chi connectivity index (χ4n) is 3.95. The molecule has 0 aliphatic carbocycles. The molecular weight excluding hydrogens is 375 g/mol. The van der Waals surface area contributed by atoms with E-state index >= 15 is 0 Å². The van der Waals surface area contributed by atoms with Crippen LogP contribution in [0.2, 0.25) is 0 Å². The lowest BCUT2D eigenvalue weighted by atomic mass is 10.1. The first-order valence-corrected chi connectivity index (χ1v) is 9.55. The first kappa shape index (κ1) is 18.0. The first-order chi connectivity index (χ1) is 14.1. The predicted octanol–water partition coefficient (Wildman–Crippen LogP) is 1.86. The zero-order chi connectivity index (χ0) is 20.0. The van der Waals surface area contributed by atoms with E-state index in [0.29, 0.717) is 18.0 Å². The molecule has 10 heteroatoms. The number of H-pyrrole nitrogens is 1. The summed E-state index contributed by atoms with van der Waals surface area (Å²) in [5.41, 5.74) is 2.84. The third-order valence-electron chi connectivity index (χ3n) is 5.36. The predicted molar refractivity (Wildman–Crippen MR) is 106 cm³/mol. The van der Waals surface area contributed by atoms with Crippen LogP contribution in [0.3, 0.4) is 0 Å². The minimum absolute atomic E-state index is 0.130. The van der Waals surface area contributed by atoms with Crippen LogP contribution in [0.4, 0.5) is 10.2 Å². The van der Waals surface area contributed by atoms with Crippen LogP contribution in [-0.2, 0) is 0 Å². The van der Waals surface area contributed by atoms with Gasteiger partial charge in [-0.25, -0.2) is 24.3 Å². The first-order valence-electron chi connectivity index (χ1n) is 9.55. The van der Waals surface area contributed by atoms with Crippen LogP contribution >= 0.6 is 0 Å². The van der Waals surface area contributed by atoms with Gasteiger partial charge in [-0.3, -0.25) is 4.90 Å². The molecule has 1 aromatic carbocycles. The van der Waals surface area contributed by atoms with E-state index in [1.54, 1.807) is 12.4 Å². The van der Waals surface area contributed by atoms with Gasteiger partial charge in [-0.05, 0) is 25.1 Å². The molecule has 150 valence electrons. The molecule has 5 rings (SSSR count). The van der Waals surface area contributed by atoms with E-state index < -0.39 is 0 Å². The largest absolute Gasteiger partial charge is 0.395 e. The van der Waals surface area contributed by atoms with Crippen LogP contribution < -0.4 is 5.32 Å². The molecule has 1 fully saturated rings. The molecule has 0 saturated carbocycles. The lowest BCUT2D eigenvalue weighted by Gasteiger charge is -2.41. The highest BCUT2D eigenvalue weighted by Crippen LogP contribution is 2.32. The monoisotopic (exact) mass is 396 g/mol. The number of nitrogens with one attached hydrogen (secondary N) is 2. The summed E-state index contributed by atoms with van der Waals surface area (Å²) < 4.78 is 16.1. The summed E-state index contributed by atoms with van der Waals surface area (Å²) in [4.78, 5) is 22.6. The Kier molecular flexibility index (Phi) is 4.36. The number of hydrogen-bond donors (Lipinski definition) is 3. The van der Waals surface area contributed by atoms with Gasteiger partial charge in [0, 0.05) is 19.6 Å². The molecule has 3 N–H and O–H groups in total. The van der Waals surface area contributed by atoms with Crippen molar-refractivity contribution in [2.24, 2.45) is 0 Å². The molecule has 1 atom stereocenters. The van der Waals surface area contributed by atoms with Gasteiger partial charge >= 0.3 is 0 Å². The molecule has 0 radical (unpaired) electrons. The van der Waals surface area contributed by atoms with Gasteiger partial charge < -0.3 is 20.0 Å². The topological polar surface area (TPSA) is 108 Å². The van der Waals surface area contributed by atoms with E-state index in [9.17, 15) is 4.39 Å². The molecule has 4 aromatic rings. The Bertz CT molecular complexity index is 1170. The maximum absolute atomic E-state index is 14.0. The molecule has 1 aliphatic heterocycles. The van der Waals surface area contributed by atoms with E-state index in [1.807, 2.05) is 6.92 Å². The van der Waals surface area contributed by atoms with Crippen LogP contribution in [-0.4, -0.2) is 65.7 Å². The second-order valence-corrected chi connectivity index (χ2v) is 7.30. The second kappa shape index (κ2) is 7.05. The molecule has 4 heterocycles. The lowest BCUT2D eigenvalue weighted by molar-refractivity contribution is 0.0841. The number of β-amino-alcohol motifs (C(OH)–C–C–N with tert-alkyl or cyclic N) is 1. The number of aromatic amines is 1. The number of imidazole rings is 2. The fourth-order valence-corrected chi connectivity index (χ4v) is 3.95. The maximum Gasteiger partial charge on any atom is 0.182 e. The summed E-state index contributed by atoms with van der Waals surface area (Å²) in [6.07, 6.45) is 3.05. The van der Waals surface area contributed by atoms with Crippen molar-refractivity contribution < 1.29 is 9.50 Å². The Hall–Kier alpha value is -3.11. The Balaban J connectivity index is 1.52. The average Bonchev–Trinajstić information content (AvgIpc) is 3.29. The summed E-state index contributed by atoms with van der Waals surface area (Å²) in [5, 5.41) is 12.6. The van der Waals surface area contributed by atoms with Crippen molar-refractivity contribution in [2.75, 3.05) is 31.6 Å². The highest BCUT2D eigenvalue weighted by molar-refractivity contribution is 5.82. The highest BCUT2D eigenvalue weighted by atomic mass is 19.1. The number of likely N-dealkylation sites (tertiary alicyclic amines) is 1. The smallest absolute Gasteiger partial charge is 0.182 e. The number of aliphatic hydroxyl groups is 1. The summed E-state index contributed by atoms with van der Waals surface area (Å²) in [7, 11) is 0. The van der Waals surface area contributed by atoms with Crippen LogP contribution in [0.5, 0.6) is 0 Å². The molecule has 0 amide bonds. The second-order valence-electron chi connectivity index (χ2n) is 7.30. The Morgan fingerprint density at radius 1 is 1.31 bits per heavy atom. The van der Waals surface area contributed by atoms with Crippen molar-refractivity contribution in [3.05, 3.63) is 42.5 Å². The average molecular weight is 396 g/mol. The number of anilines is 1. The molecule has 9 nitrogen and oxygen atoms in total. The van der Waals surface area contributed by atoms with Gasteiger partial charge in [-0.2, -0.15) is 0 Å². The van der Waals surface area contributed by atoms with Gasteiger partial charge in [-0.1, -0.05) is 0 Å². The minimum Gasteiger partial charge on any atom is -0.395 e. The highest BCUT2D eigenvalue weighted by Gasteiger charge is 2.32. The van der Waals surface area contributed by atoms with Gasteiger partial charge in [-0.15, -0.1) is 0 Å². The standard InChI is InChI=1S/C19H21FN8O/c1-11(25-18-16-17(22-9-21-16)23-10-24-18)19-26-14-3-2-12(20)6-15(14)28(19)13-7-27(8-13)4-5-29/h2-3,6,9-11,13,29H,4-5,7-8H2,1H3,(H2,21,22,23,24,25). The maximum atomic E-state index is 14.0. The van der Waals surface area contributed by atoms with Gasteiger partial charge in [0.05, 0.1) is 36.1 Å². The fraction of sp³-hybridized carbons (Fsp3) is 0.368. The van der Waals surface area contributed by atoms with Crippen LogP contribution in [0.15, 0.2) is 30.9 Å². The molecule has 0 bridgehead atoms. The zero-order valence-electron chi connectivity index (χ0n) is 15.9. The molecule has 1 aliphatic rings. The van der Waals surface area contributed by atoms with E-state index in [4.69, 9.17) is 10.1 Å². The summed E-state index contributed by atoms with van der Waals surface area (Å²) in [6.45, 7) is 4.35. The van der Waals surface area contributed by atoms with Gasteiger partial charge in [0.1, 0.15) is 23.5 Å². The summed E-state index contributed by atoms with van der Waals surface area (Å²) in [5.74, 6) is 1.16. The number of halogens is 1. The number of benzene rings is 1. The molecule has 0 spiro atoms. The van der Waals surface area contributed by atoms with Crippen LogP contribution in [0.1, 0.15) is 24.8 Å². The van der Waals surface area contributed by atoms with Crippen LogP contribution in [0, 0.1) is 5.82 Å². The number of aromatic nitrogens is 6. The Morgan fingerprint density at radius 2 is 2.17 bits per heavy atom. The van der Waals surface area contributed by atoms with E-state index in [1.165, 1.54) is 18.5 Å². The van der Waals surface area contributed by atoms with E-state index in [0.717, 1.165) is 35.5 Å². The minimum atomic E-state index is -0.285. The molecule has 29 heavy (non-hydrogen) atoms. The van der Waals surface area contributed by atoms with Crippen molar-refractivity contribution in [3.8, 4) is 0 Å². The third kappa shape index (κ3) is 3.10. The Morgan fingerprint density at radius 3 is 3.00 bits per heavy atom. The van der Waals surface area contributed by atoms with E-state index in [2.05, 4.69) is 34.7 Å². The van der Waals surface area contributed by atoms with Crippen molar-refractivity contribution in [3.63, 3.8) is 0 Å². The van der Waals surface area contributed by atoms with Gasteiger partial charge in [0.2, 0.25) is 0 Å². The number of fused-ring (bicyclic) bond motifs is 2. The molecular formula is C19H21FN8O. The molecule has 3 aromatic heterocycles. The van der Waals surface area contributed by atoms with Crippen molar-refractivity contribution in [1.82, 2.24) is 34.4 Å². The van der Waals surface area contributed by atoms with Crippen molar-refractivity contribution in [2.45, 2.75) is 19.0 Å². The number of hydrogen-bond acceptors (Lipinski definition) is 7. The lowest BCUT2D eigenvalue weighted by Crippen LogP contribution is -2.49. The number of nitrogens with zero attached hydrogens (tertiary/aromatic N) is 6.